The van der Waals surface area contributed by atoms with Crippen molar-refractivity contribution in [3.63, 3.8) is 0 Å². The highest BCUT2D eigenvalue weighted by molar-refractivity contribution is 7.09. The molecule has 4 nitrogen and oxygen atoms in total. The molecular formula is C17H18N4S. The van der Waals surface area contributed by atoms with E-state index in [4.69, 9.17) is 0 Å². The van der Waals surface area contributed by atoms with Gasteiger partial charge in [0.15, 0.2) is 0 Å². The highest BCUT2D eigenvalue weighted by Crippen LogP contribution is 2.15. The van der Waals surface area contributed by atoms with Gasteiger partial charge in [0, 0.05) is 23.2 Å². The zero-order valence-corrected chi connectivity index (χ0v) is 13.5. The van der Waals surface area contributed by atoms with Crippen molar-refractivity contribution in [2.45, 2.75) is 26.8 Å². The van der Waals surface area contributed by atoms with Crippen molar-refractivity contribution in [3.8, 4) is 0 Å². The van der Waals surface area contributed by atoms with E-state index in [2.05, 4.69) is 49.9 Å². The van der Waals surface area contributed by atoms with Crippen LogP contribution in [0.15, 0.2) is 41.8 Å². The molecule has 3 rings (SSSR count). The van der Waals surface area contributed by atoms with Gasteiger partial charge in [-0.05, 0) is 25.5 Å². The number of nitrogens with one attached hydrogen (secondary N) is 1. The maximum absolute atomic E-state index is 4.67. The summed E-state index contributed by atoms with van der Waals surface area (Å²) in [6.07, 6.45) is 0.881. The summed E-state index contributed by atoms with van der Waals surface area (Å²) in [6, 6.07) is 12.4. The summed E-state index contributed by atoms with van der Waals surface area (Å²) in [5.41, 5.74) is 4.25. The monoisotopic (exact) mass is 310 g/mol. The average molecular weight is 310 g/mol. The Bertz CT molecular complexity index is 732. The van der Waals surface area contributed by atoms with Gasteiger partial charge in [-0.25, -0.2) is 15.0 Å². The van der Waals surface area contributed by atoms with Crippen LogP contribution in [0.4, 0.5) is 5.95 Å². The molecule has 0 fully saturated rings. The van der Waals surface area contributed by atoms with Crippen molar-refractivity contribution in [1.29, 1.82) is 0 Å². The lowest BCUT2D eigenvalue weighted by atomic mass is 10.2. The molecule has 1 aromatic carbocycles. The molecule has 1 N–H and O–H groups in total. The van der Waals surface area contributed by atoms with Crippen molar-refractivity contribution in [2.24, 2.45) is 0 Å². The predicted octanol–water partition coefficient (Wildman–Crippen LogP) is 3.75. The third-order valence-electron chi connectivity index (χ3n) is 3.21. The van der Waals surface area contributed by atoms with Crippen LogP contribution < -0.4 is 5.32 Å². The summed E-state index contributed by atoms with van der Waals surface area (Å²) >= 11 is 1.69. The number of hydrogen-bond donors (Lipinski definition) is 1. The van der Waals surface area contributed by atoms with E-state index in [0.717, 1.165) is 28.5 Å². The molecule has 2 aromatic heterocycles. The summed E-state index contributed by atoms with van der Waals surface area (Å²) in [6.45, 7) is 4.59. The predicted molar refractivity (Wildman–Crippen MR) is 90.2 cm³/mol. The molecule has 22 heavy (non-hydrogen) atoms. The molecule has 0 bridgehead atoms. The van der Waals surface area contributed by atoms with Crippen LogP contribution in [0.3, 0.4) is 0 Å². The molecule has 0 aliphatic carbocycles. The maximum atomic E-state index is 4.67. The first-order chi connectivity index (χ1) is 10.7. The molecule has 112 valence electrons. The van der Waals surface area contributed by atoms with Crippen LogP contribution in [0.1, 0.15) is 27.7 Å². The van der Waals surface area contributed by atoms with Crippen molar-refractivity contribution in [2.75, 3.05) is 5.32 Å². The second-order valence-corrected chi connectivity index (χ2v) is 6.17. The zero-order chi connectivity index (χ0) is 15.4. The van der Waals surface area contributed by atoms with Gasteiger partial charge in [0.1, 0.15) is 0 Å². The highest BCUT2D eigenvalue weighted by atomic mass is 32.1. The number of hydrogen-bond acceptors (Lipinski definition) is 5. The van der Waals surface area contributed by atoms with Crippen LogP contribution in [0.2, 0.25) is 0 Å². The summed E-state index contributed by atoms with van der Waals surface area (Å²) in [5.74, 6) is 0.662. The Kier molecular flexibility index (Phi) is 4.44. The molecule has 0 radical (unpaired) electrons. The number of benzene rings is 1. The normalized spacial score (nSPS) is 10.6. The lowest BCUT2D eigenvalue weighted by molar-refractivity contribution is 0.971. The summed E-state index contributed by atoms with van der Waals surface area (Å²) in [4.78, 5) is 13.4. The first-order valence-electron chi connectivity index (χ1n) is 7.22. The minimum Gasteiger partial charge on any atom is -0.349 e. The number of rotatable bonds is 5. The number of anilines is 1. The third-order valence-corrected chi connectivity index (χ3v) is 4.11. The Labute approximate surface area is 134 Å². The zero-order valence-electron chi connectivity index (χ0n) is 12.7. The first kappa shape index (κ1) is 14.7. The Morgan fingerprint density at radius 3 is 2.45 bits per heavy atom. The molecule has 0 unspecified atom stereocenters. The summed E-state index contributed by atoms with van der Waals surface area (Å²) in [5, 5.41) is 6.46. The van der Waals surface area contributed by atoms with Crippen LogP contribution in [0.5, 0.6) is 0 Å². The summed E-state index contributed by atoms with van der Waals surface area (Å²) < 4.78 is 0. The van der Waals surface area contributed by atoms with Crippen LogP contribution in [0, 0.1) is 13.8 Å². The molecule has 5 heteroatoms. The van der Waals surface area contributed by atoms with Gasteiger partial charge in [-0.2, -0.15) is 0 Å². The van der Waals surface area contributed by atoms with Gasteiger partial charge < -0.3 is 5.32 Å². The molecule has 3 aromatic rings. The Balaban J connectivity index is 1.62. The second-order valence-electron chi connectivity index (χ2n) is 5.22. The lowest BCUT2D eigenvalue weighted by Gasteiger charge is -2.04. The Morgan fingerprint density at radius 2 is 1.73 bits per heavy atom. The summed E-state index contributed by atoms with van der Waals surface area (Å²) in [7, 11) is 0. The molecule has 2 heterocycles. The van der Waals surface area contributed by atoms with Crippen LogP contribution in [-0.4, -0.2) is 15.0 Å². The third kappa shape index (κ3) is 3.89. The van der Waals surface area contributed by atoms with Gasteiger partial charge >= 0.3 is 0 Å². The van der Waals surface area contributed by atoms with E-state index in [9.17, 15) is 0 Å². The van der Waals surface area contributed by atoms with Crippen molar-refractivity contribution < 1.29 is 0 Å². The molecule has 0 spiro atoms. The smallest absolute Gasteiger partial charge is 0.223 e. The van der Waals surface area contributed by atoms with E-state index in [1.165, 1.54) is 5.56 Å². The molecule has 0 aliphatic heterocycles. The number of aromatic nitrogens is 3. The van der Waals surface area contributed by atoms with Crippen molar-refractivity contribution in [1.82, 2.24) is 15.0 Å². The van der Waals surface area contributed by atoms with Gasteiger partial charge in [0.25, 0.3) is 0 Å². The van der Waals surface area contributed by atoms with E-state index in [-0.39, 0.29) is 0 Å². The van der Waals surface area contributed by atoms with Crippen molar-refractivity contribution >= 4 is 17.3 Å². The van der Waals surface area contributed by atoms with E-state index in [1.54, 1.807) is 11.3 Å². The fourth-order valence-corrected chi connectivity index (χ4v) is 3.08. The molecule has 0 atom stereocenters. The quantitative estimate of drug-likeness (QED) is 0.779. The largest absolute Gasteiger partial charge is 0.349 e. The highest BCUT2D eigenvalue weighted by Gasteiger charge is 2.05. The van der Waals surface area contributed by atoms with Crippen LogP contribution in [-0.2, 0) is 13.0 Å². The first-order valence-corrected chi connectivity index (χ1v) is 8.10. The fraction of sp³-hybridized carbons (Fsp3) is 0.235. The second kappa shape index (κ2) is 6.66. The number of aryl methyl sites for hydroxylation is 2. The molecule has 0 amide bonds. The minimum atomic E-state index is 0.647. The minimum absolute atomic E-state index is 0.647. The SMILES string of the molecule is Cc1cc(C)nc(NCc2csc(Cc3ccccc3)n2)n1. The van der Waals surface area contributed by atoms with E-state index in [1.807, 2.05) is 26.0 Å². The van der Waals surface area contributed by atoms with Crippen LogP contribution in [0.25, 0.3) is 0 Å². The standard InChI is InChI=1S/C17H18N4S/c1-12-8-13(2)20-17(19-12)18-10-15-11-22-16(21-15)9-14-6-4-3-5-7-14/h3-8,11H,9-10H2,1-2H3,(H,18,19,20). The van der Waals surface area contributed by atoms with E-state index in [0.29, 0.717) is 12.5 Å². The van der Waals surface area contributed by atoms with Crippen molar-refractivity contribution in [3.05, 3.63) is 69.4 Å². The van der Waals surface area contributed by atoms with Gasteiger partial charge in [-0.1, -0.05) is 30.3 Å². The molecule has 0 saturated heterocycles. The fourth-order valence-electron chi connectivity index (χ4n) is 2.26. The van der Waals surface area contributed by atoms with Crippen LogP contribution >= 0.6 is 11.3 Å². The average Bonchev–Trinajstić information content (AvgIpc) is 2.93. The lowest BCUT2D eigenvalue weighted by Crippen LogP contribution is -2.05. The topological polar surface area (TPSA) is 50.7 Å². The number of nitrogens with zero attached hydrogens (tertiary/aromatic N) is 3. The Morgan fingerprint density at radius 1 is 1.00 bits per heavy atom. The van der Waals surface area contributed by atoms with Gasteiger partial charge in [0.05, 0.1) is 17.2 Å². The van der Waals surface area contributed by atoms with E-state index >= 15 is 0 Å². The molecule has 0 saturated carbocycles. The maximum Gasteiger partial charge on any atom is 0.223 e. The molecule has 0 aliphatic rings. The van der Waals surface area contributed by atoms with Gasteiger partial charge in [-0.3, -0.25) is 0 Å². The van der Waals surface area contributed by atoms with Gasteiger partial charge in [-0.15, -0.1) is 11.3 Å². The molecular weight excluding hydrogens is 292 g/mol. The Hall–Kier alpha value is -2.27. The van der Waals surface area contributed by atoms with Gasteiger partial charge in [0.2, 0.25) is 5.95 Å². The number of thiazole rings is 1. The van der Waals surface area contributed by atoms with E-state index < -0.39 is 0 Å².